The van der Waals surface area contributed by atoms with Crippen LogP contribution in [0.5, 0.6) is 0 Å². The van der Waals surface area contributed by atoms with Crippen LogP contribution < -0.4 is 0 Å². The van der Waals surface area contributed by atoms with E-state index in [0.29, 0.717) is 6.42 Å². The highest BCUT2D eigenvalue weighted by molar-refractivity contribution is 7.99. The molecule has 0 unspecified atom stereocenters. The van der Waals surface area contributed by atoms with Gasteiger partial charge in [-0.3, -0.25) is 14.5 Å². The summed E-state index contributed by atoms with van der Waals surface area (Å²) in [7, 11) is 1.59. The highest BCUT2D eigenvalue weighted by Gasteiger charge is 2.33. The first-order valence-corrected chi connectivity index (χ1v) is 9.01. The van der Waals surface area contributed by atoms with Gasteiger partial charge in [0.2, 0.25) is 5.91 Å². The Hall–Kier alpha value is -2.02. The number of thioether (sulfide) groups is 1. The number of imide groups is 1. The molecule has 1 aromatic carbocycles. The first kappa shape index (κ1) is 16.8. The number of ether oxygens (including phenoxy) is 1. The third-order valence-corrected chi connectivity index (χ3v) is 5.29. The number of carbonyl (C=O) groups excluding carboxylic acids is 3. The van der Waals surface area contributed by atoms with Crippen LogP contribution in [0.15, 0.2) is 29.2 Å². The maximum Gasteiger partial charge on any atom is 0.326 e. The first-order valence-electron chi connectivity index (χ1n) is 8.03. The molecule has 0 radical (unpaired) electrons. The lowest BCUT2D eigenvalue weighted by Crippen LogP contribution is -2.32. The molecule has 3 amide bonds. The summed E-state index contributed by atoms with van der Waals surface area (Å²) in [5.41, 5.74) is 1.06. The lowest BCUT2D eigenvalue weighted by Gasteiger charge is -2.25. The molecule has 1 atom stereocenters. The number of hydrogen-bond donors (Lipinski definition) is 0. The van der Waals surface area contributed by atoms with Gasteiger partial charge >= 0.3 is 12.0 Å². The molecule has 3 rings (SSSR count). The second kappa shape index (κ2) is 7.25. The van der Waals surface area contributed by atoms with Gasteiger partial charge in [-0.05, 0) is 18.9 Å². The number of nitrogens with zero attached hydrogens (tertiary/aromatic N) is 2. The van der Waals surface area contributed by atoms with Crippen molar-refractivity contribution >= 4 is 29.7 Å². The zero-order valence-corrected chi connectivity index (χ0v) is 14.4. The minimum atomic E-state index is -0.299. The van der Waals surface area contributed by atoms with Gasteiger partial charge in [-0.2, -0.15) is 0 Å². The van der Waals surface area contributed by atoms with Crippen molar-refractivity contribution in [1.82, 2.24) is 9.80 Å². The number of amides is 3. The van der Waals surface area contributed by atoms with Crippen molar-refractivity contribution in [2.75, 3.05) is 25.9 Å². The highest BCUT2D eigenvalue weighted by atomic mass is 32.2. The minimum Gasteiger partial charge on any atom is -0.457 e. The topological polar surface area (TPSA) is 66.9 Å². The van der Waals surface area contributed by atoms with Gasteiger partial charge in [0.15, 0.2) is 0 Å². The maximum atomic E-state index is 12.1. The lowest BCUT2D eigenvalue weighted by atomic mass is 10.1. The predicted molar refractivity (Wildman–Crippen MR) is 89.6 cm³/mol. The van der Waals surface area contributed by atoms with Gasteiger partial charge in [-0.1, -0.05) is 18.2 Å². The van der Waals surface area contributed by atoms with Crippen LogP contribution in [0.1, 0.15) is 30.9 Å². The first-order chi connectivity index (χ1) is 11.6. The molecule has 2 aliphatic rings. The smallest absolute Gasteiger partial charge is 0.326 e. The van der Waals surface area contributed by atoms with Gasteiger partial charge < -0.3 is 9.64 Å². The summed E-state index contributed by atoms with van der Waals surface area (Å²) in [5.74, 6) is 0.432. The molecule has 2 aliphatic heterocycles. The van der Waals surface area contributed by atoms with Crippen molar-refractivity contribution in [2.45, 2.75) is 30.3 Å². The van der Waals surface area contributed by atoms with Crippen LogP contribution in [-0.4, -0.2) is 53.6 Å². The number of urea groups is 1. The number of likely N-dealkylation sites (N-methyl/N-ethyl adjacent to an activating group) is 1. The Morgan fingerprint density at radius 1 is 1.33 bits per heavy atom. The molecule has 0 saturated carbocycles. The van der Waals surface area contributed by atoms with E-state index in [4.69, 9.17) is 4.74 Å². The van der Waals surface area contributed by atoms with E-state index in [1.807, 2.05) is 24.3 Å². The molecule has 7 heteroatoms. The molecule has 0 aliphatic carbocycles. The van der Waals surface area contributed by atoms with Crippen LogP contribution in [-0.2, 0) is 14.3 Å². The van der Waals surface area contributed by atoms with Crippen LogP contribution in [0.3, 0.4) is 0 Å². The number of carbonyl (C=O) groups is 3. The summed E-state index contributed by atoms with van der Waals surface area (Å²) in [5, 5.41) is 0. The van der Waals surface area contributed by atoms with Crippen molar-refractivity contribution in [1.29, 1.82) is 0 Å². The van der Waals surface area contributed by atoms with Crippen LogP contribution in [0.25, 0.3) is 0 Å². The van der Waals surface area contributed by atoms with E-state index in [2.05, 4.69) is 0 Å². The van der Waals surface area contributed by atoms with Crippen LogP contribution in [0.2, 0.25) is 0 Å². The van der Waals surface area contributed by atoms with Gasteiger partial charge in [0.1, 0.15) is 12.6 Å². The number of fused-ring (bicyclic) bond motifs is 1. The SMILES string of the molecule is CN1CC(=O)N(CCCC(=O)O[C@@H]2CCSc3ccccc32)C1=O. The number of benzene rings is 1. The largest absolute Gasteiger partial charge is 0.457 e. The zero-order valence-electron chi connectivity index (χ0n) is 13.6. The molecule has 0 N–H and O–H groups in total. The monoisotopic (exact) mass is 348 g/mol. The van der Waals surface area contributed by atoms with Crippen LogP contribution in [0, 0.1) is 0 Å². The Morgan fingerprint density at radius 2 is 2.12 bits per heavy atom. The third kappa shape index (κ3) is 3.56. The van der Waals surface area contributed by atoms with Crippen molar-refractivity contribution in [2.24, 2.45) is 0 Å². The molecule has 2 heterocycles. The average Bonchev–Trinajstić information content (AvgIpc) is 2.81. The minimum absolute atomic E-state index is 0.111. The average molecular weight is 348 g/mol. The van der Waals surface area contributed by atoms with E-state index in [1.54, 1.807) is 18.8 Å². The molecule has 0 aromatic heterocycles. The molecule has 1 fully saturated rings. The second-order valence-corrected chi connectivity index (χ2v) is 7.08. The number of rotatable bonds is 5. The summed E-state index contributed by atoms with van der Waals surface area (Å²) < 4.78 is 5.61. The van der Waals surface area contributed by atoms with E-state index in [9.17, 15) is 14.4 Å². The van der Waals surface area contributed by atoms with Crippen molar-refractivity contribution in [3.63, 3.8) is 0 Å². The van der Waals surface area contributed by atoms with Crippen molar-refractivity contribution in [3.8, 4) is 0 Å². The molecule has 128 valence electrons. The fourth-order valence-electron chi connectivity index (χ4n) is 2.92. The molecule has 0 spiro atoms. The third-order valence-electron chi connectivity index (χ3n) is 4.17. The Morgan fingerprint density at radius 3 is 2.88 bits per heavy atom. The van der Waals surface area contributed by atoms with E-state index in [1.165, 1.54) is 9.80 Å². The van der Waals surface area contributed by atoms with Crippen LogP contribution >= 0.6 is 11.8 Å². The van der Waals surface area contributed by atoms with Crippen molar-refractivity contribution < 1.29 is 19.1 Å². The Bertz CT molecular complexity index is 664. The Kier molecular flexibility index (Phi) is 5.08. The molecule has 0 bridgehead atoms. The summed E-state index contributed by atoms with van der Waals surface area (Å²) in [6, 6.07) is 7.67. The molecule has 1 saturated heterocycles. The molecular formula is C17H20N2O4S. The fourth-order valence-corrected chi connectivity index (χ4v) is 4.01. The van der Waals surface area contributed by atoms with E-state index < -0.39 is 0 Å². The van der Waals surface area contributed by atoms with Gasteiger partial charge in [-0.15, -0.1) is 11.8 Å². The summed E-state index contributed by atoms with van der Waals surface area (Å²) in [6.45, 7) is 0.369. The predicted octanol–water partition coefficient (Wildman–Crippen LogP) is 2.44. The van der Waals surface area contributed by atoms with E-state index in [0.717, 1.165) is 22.6 Å². The standard InChI is InChI=1S/C17H20N2O4S/c1-18-11-15(20)19(17(18)22)9-4-7-16(21)23-13-8-10-24-14-6-3-2-5-12(13)14/h2-3,5-6,13H,4,7-11H2,1H3/t13-/m1/s1. The van der Waals surface area contributed by atoms with Gasteiger partial charge in [0, 0.05) is 36.2 Å². The van der Waals surface area contributed by atoms with Gasteiger partial charge in [0.05, 0.1) is 0 Å². The van der Waals surface area contributed by atoms with E-state index in [-0.39, 0.29) is 43.5 Å². The molecule has 24 heavy (non-hydrogen) atoms. The van der Waals surface area contributed by atoms with Crippen molar-refractivity contribution in [3.05, 3.63) is 29.8 Å². The number of esters is 1. The second-order valence-electron chi connectivity index (χ2n) is 5.94. The summed E-state index contributed by atoms with van der Waals surface area (Å²) in [6.07, 6.45) is 1.23. The lowest BCUT2D eigenvalue weighted by molar-refractivity contribution is -0.150. The zero-order chi connectivity index (χ0) is 17.1. The number of hydrogen-bond acceptors (Lipinski definition) is 5. The molecule has 6 nitrogen and oxygen atoms in total. The molecule has 1 aromatic rings. The van der Waals surface area contributed by atoms with Gasteiger partial charge in [-0.25, -0.2) is 4.79 Å². The quantitative estimate of drug-likeness (QED) is 0.604. The highest BCUT2D eigenvalue weighted by Crippen LogP contribution is 2.38. The molecular weight excluding hydrogens is 328 g/mol. The Labute approximate surface area is 145 Å². The normalized spacial score (nSPS) is 20.3. The fraction of sp³-hybridized carbons (Fsp3) is 0.471. The summed E-state index contributed by atoms with van der Waals surface area (Å²) >= 11 is 1.78. The Balaban J connectivity index is 1.49. The maximum absolute atomic E-state index is 12.1. The van der Waals surface area contributed by atoms with Crippen LogP contribution in [0.4, 0.5) is 4.79 Å². The van der Waals surface area contributed by atoms with E-state index >= 15 is 0 Å². The summed E-state index contributed by atoms with van der Waals surface area (Å²) in [4.78, 5) is 39.3. The van der Waals surface area contributed by atoms with Gasteiger partial charge in [0.25, 0.3) is 0 Å².